The van der Waals surface area contributed by atoms with Crippen LogP contribution in [-0.4, -0.2) is 79.8 Å². The zero-order valence-electron chi connectivity index (χ0n) is 18.5. The van der Waals surface area contributed by atoms with Crippen LogP contribution in [0.3, 0.4) is 0 Å². The van der Waals surface area contributed by atoms with Gasteiger partial charge in [-0.15, -0.1) is 0 Å². The number of nitrogens with zero attached hydrogens (tertiary/aromatic N) is 2. The Bertz CT molecular complexity index is 769. The molecule has 2 amide bonds. The van der Waals surface area contributed by atoms with Crippen LogP contribution in [0.25, 0.3) is 0 Å². The number of methoxy groups -OCH3 is 1. The Morgan fingerprint density at radius 3 is 2.58 bits per heavy atom. The molecule has 0 aliphatic carbocycles. The molecule has 3 saturated heterocycles. The first-order valence-corrected chi connectivity index (χ1v) is 11.5. The van der Waals surface area contributed by atoms with Gasteiger partial charge in [-0.25, -0.2) is 0 Å². The van der Waals surface area contributed by atoms with E-state index < -0.39 is 0 Å². The van der Waals surface area contributed by atoms with Gasteiger partial charge in [0.25, 0.3) is 0 Å². The highest BCUT2D eigenvalue weighted by molar-refractivity contribution is 5.79. The maximum absolute atomic E-state index is 12.8. The maximum atomic E-state index is 12.8. The molecule has 31 heavy (non-hydrogen) atoms. The number of piperidine rings is 1. The average molecular weight is 431 g/mol. The Balaban J connectivity index is 1.24. The van der Waals surface area contributed by atoms with E-state index in [4.69, 9.17) is 14.2 Å². The molecule has 3 aliphatic heterocycles. The van der Waals surface area contributed by atoms with E-state index in [0.717, 1.165) is 62.9 Å². The van der Waals surface area contributed by atoms with E-state index in [1.165, 1.54) is 0 Å². The zero-order valence-corrected chi connectivity index (χ0v) is 18.5. The molecule has 1 aromatic carbocycles. The van der Waals surface area contributed by atoms with Crippen molar-refractivity contribution < 1.29 is 23.8 Å². The van der Waals surface area contributed by atoms with Crippen molar-refractivity contribution in [3.8, 4) is 5.75 Å². The minimum Gasteiger partial charge on any atom is -0.497 e. The van der Waals surface area contributed by atoms with E-state index in [2.05, 4.69) is 0 Å². The largest absolute Gasteiger partial charge is 0.497 e. The molecule has 0 N–H and O–H groups in total. The normalized spacial score (nSPS) is 23.2. The fourth-order valence-corrected chi connectivity index (χ4v) is 4.95. The van der Waals surface area contributed by atoms with Gasteiger partial charge < -0.3 is 24.0 Å². The minimum atomic E-state index is -0.230. The van der Waals surface area contributed by atoms with Crippen LogP contribution in [0, 0.1) is 0 Å². The predicted octanol–water partition coefficient (Wildman–Crippen LogP) is 2.42. The van der Waals surface area contributed by atoms with Crippen LogP contribution in [0.15, 0.2) is 24.3 Å². The first kappa shape index (κ1) is 22.1. The molecule has 1 aromatic rings. The summed E-state index contributed by atoms with van der Waals surface area (Å²) in [6.45, 7) is 3.94. The Kier molecular flexibility index (Phi) is 7.13. The molecule has 170 valence electrons. The van der Waals surface area contributed by atoms with E-state index in [1.807, 2.05) is 34.1 Å². The Hall–Kier alpha value is -2.12. The minimum absolute atomic E-state index is 0.0549. The summed E-state index contributed by atoms with van der Waals surface area (Å²) in [5.74, 6) is 1.02. The molecule has 0 bridgehead atoms. The quantitative estimate of drug-likeness (QED) is 0.693. The number of carbonyl (C=O) groups excluding carboxylic acids is 2. The summed E-state index contributed by atoms with van der Waals surface area (Å²) in [6, 6.07) is 7.67. The molecule has 1 spiro atoms. The van der Waals surface area contributed by atoms with Crippen molar-refractivity contribution >= 4 is 11.8 Å². The number of hydrogen-bond acceptors (Lipinski definition) is 5. The molecule has 0 aromatic heterocycles. The number of rotatable bonds is 6. The van der Waals surface area contributed by atoms with E-state index in [0.29, 0.717) is 26.1 Å². The Labute approximate surface area is 184 Å². The molecule has 3 fully saturated rings. The zero-order chi connectivity index (χ0) is 21.7. The third-order valence-electron chi connectivity index (χ3n) is 6.87. The van der Waals surface area contributed by atoms with Gasteiger partial charge in [0.05, 0.1) is 25.2 Å². The van der Waals surface area contributed by atoms with Crippen molar-refractivity contribution in [1.82, 2.24) is 9.80 Å². The number of amides is 2. The monoisotopic (exact) mass is 430 g/mol. The van der Waals surface area contributed by atoms with Crippen molar-refractivity contribution in [2.45, 2.75) is 56.7 Å². The summed E-state index contributed by atoms with van der Waals surface area (Å²) < 4.78 is 17.4. The summed E-state index contributed by atoms with van der Waals surface area (Å²) >= 11 is 0. The maximum Gasteiger partial charge on any atom is 0.248 e. The molecular weight excluding hydrogens is 396 g/mol. The first-order chi connectivity index (χ1) is 15.1. The highest BCUT2D eigenvalue weighted by Crippen LogP contribution is 2.36. The molecule has 3 heterocycles. The summed E-state index contributed by atoms with van der Waals surface area (Å²) in [7, 11) is 1.63. The standard InChI is InChI=1S/C24H34N2O5/c1-29-20-6-4-5-19(15-20)16-22(27)26-12-8-24(9-13-26)17-21(7-14-31-24)30-18-23(28)25-10-2-3-11-25/h4-6,15,21H,2-3,7-14,16-18H2,1H3. The number of ether oxygens (including phenoxy) is 3. The number of carbonyl (C=O) groups is 2. The van der Waals surface area contributed by atoms with Crippen molar-refractivity contribution in [2.24, 2.45) is 0 Å². The third kappa shape index (κ3) is 5.57. The van der Waals surface area contributed by atoms with Gasteiger partial charge in [0.1, 0.15) is 12.4 Å². The van der Waals surface area contributed by atoms with Crippen molar-refractivity contribution in [2.75, 3.05) is 46.5 Å². The van der Waals surface area contributed by atoms with Crippen LogP contribution in [0.4, 0.5) is 0 Å². The second kappa shape index (κ2) is 10.0. The SMILES string of the molecule is COc1cccc(CC(=O)N2CCC3(CC2)CC(OCC(=O)N2CCCC2)CCO3)c1. The summed E-state index contributed by atoms with van der Waals surface area (Å²) in [5, 5.41) is 0. The molecule has 3 aliphatic rings. The van der Waals surface area contributed by atoms with Crippen LogP contribution < -0.4 is 4.74 Å². The molecular formula is C24H34N2O5. The van der Waals surface area contributed by atoms with E-state index >= 15 is 0 Å². The van der Waals surface area contributed by atoms with Crippen LogP contribution >= 0.6 is 0 Å². The van der Waals surface area contributed by atoms with Gasteiger partial charge in [-0.1, -0.05) is 12.1 Å². The predicted molar refractivity (Wildman–Crippen MR) is 116 cm³/mol. The van der Waals surface area contributed by atoms with Crippen molar-refractivity contribution in [3.63, 3.8) is 0 Å². The van der Waals surface area contributed by atoms with E-state index in [-0.39, 0.29) is 30.1 Å². The number of likely N-dealkylation sites (tertiary alicyclic amines) is 2. The summed E-state index contributed by atoms with van der Waals surface area (Å²) in [6.07, 6.45) is 5.90. The lowest BCUT2D eigenvalue weighted by Gasteiger charge is -2.46. The molecule has 4 rings (SSSR count). The van der Waals surface area contributed by atoms with Crippen LogP contribution in [-0.2, 0) is 25.5 Å². The van der Waals surface area contributed by atoms with Crippen molar-refractivity contribution in [3.05, 3.63) is 29.8 Å². The Morgan fingerprint density at radius 1 is 1.10 bits per heavy atom. The van der Waals surface area contributed by atoms with Gasteiger partial charge in [0, 0.05) is 39.2 Å². The second-order valence-corrected chi connectivity index (χ2v) is 8.95. The smallest absolute Gasteiger partial charge is 0.248 e. The van der Waals surface area contributed by atoms with Gasteiger partial charge in [-0.05, 0) is 49.8 Å². The average Bonchev–Trinajstić information content (AvgIpc) is 3.33. The molecule has 0 saturated carbocycles. The lowest BCUT2D eigenvalue weighted by molar-refractivity contribution is -0.166. The third-order valence-corrected chi connectivity index (χ3v) is 6.87. The lowest BCUT2D eigenvalue weighted by Crippen LogP contribution is -2.52. The highest BCUT2D eigenvalue weighted by atomic mass is 16.5. The number of hydrogen-bond donors (Lipinski definition) is 0. The topological polar surface area (TPSA) is 68.3 Å². The molecule has 1 atom stereocenters. The molecule has 7 heteroatoms. The molecule has 7 nitrogen and oxygen atoms in total. The molecule has 0 radical (unpaired) electrons. The van der Waals surface area contributed by atoms with Gasteiger partial charge in [0.2, 0.25) is 11.8 Å². The first-order valence-electron chi connectivity index (χ1n) is 11.5. The van der Waals surface area contributed by atoms with Crippen molar-refractivity contribution in [1.29, 1.82) is 0 Å². The molecule has 1 unspecified atom stereocenters. The fraction of sp³-hybridized carbons (Fsp3) is 0.667. The van der Waals surface area contributed by atoms with Crippen LogP contribution in [0.5, 0.6) is 5.75 Å². The summed E-state index contributed by atoms with van der Waals surface area (Å²) in [5.41, 5.74) is 0.737. The van der Waals surface area contributed by atoms with Gasteiger partial charge in [0.15, 0.2) is 0 Å². The lowest BCUT2D eigenvalue weighted by atomic mass is 9.83. The van der Waals surface area contributed by atoms with Gasteiger partial charge in [-0.2, -0.15) is 0 Å². The van der Waals surface area contributed by atoms with Gasteiger partial charge in [-0.3, -0.25) is 9.59 Å². The Morgan fingerprint density at radius 2 is 1.84 bits per heavy atom. The fourth-order valence-electron chi connectivity index (χ4n) is 4.95. The van der Waals surface area contributed by atoms with Crippen LogP contribution in [0.2, 0.25) is 0 Å². The van der Waals surface area contributed by atoms with Crippen LogP contribution in [0.1, 0.15) is 44.1 Å². The van der Waals surface area contributed by atoms with E-state index in [1.54, 1.807) is 7.11 Å². The number of benzene rings is 1. The van der Waals surface area contributed by atoms with E-state index in [9.17, 15) is 9.59 Å². The summed E-state index contributed by atoms with van der Waals surface area (Å²) in [4.78, 5) is 28.9. The second-order valence-electron chi connectivity index (χ2n) is 8.95. The highest BCUT2D eigenvalue weighted by Gasteiger charge is 2.41. The van der Waals surface area contributed by atoms with Gasteiger partial charge >= 0.3 is 0 Å².